The van der Waals surface area contributed by atoms with Gasteiger partial charge in [0.05, 0.1) is 0 Å². The summed E-state index contributed by atoms with van der Waals surface area (Å²) in [5.41, 5.74) is 1.28. The molecule has 27 heavy (non-hydrogen) atoms. The van der Waals surface area contributed by atoms with Gasteiger partial charge in [-0.05, 0) is 37.5 Å². The zero-order chi connectivity index (χ0) is 18.2. The lowest BCUT2D eigenvalue weighted by Crippen LogP contribution is -2.44. The Hall–Kier alpha value is -1.90. The monoisotopic (exact) mass is 483 g/mol. The average Bonchev–Trinajstić information content (AvgIpc) is 3.11. The van der Waals surface area contributed by atoms with E-state index in [1.54, 1.807) is 12.3 Å². The zero-order valence-electron chi connectivity index (χ0n) is 15.6. The van der Waals surface area contributed by atoms with Gasteiger partial charge < -0.3 is 15.5 Å². The summed E-state index contributed by atoms with van der Waals surface area (Å²) >= 11 is 0. The van der Waals surface area contributed by atoms with Crippen LogP contribution in [0.5, 0.6) is 0 Å². The zero-order valence-corrected chi connectivity index (χ0v) is 17.9. The highest BCUT2D eigenvalue weighted by Gasteiger charge is 2.25. The Balaban J connectivity index is 0.00000261. The lowest BCUT2D eigenvalue weighted by Gasteiger charge is -2.20. The fourth-order valence-electron chi connectivity index (χ4n) is 3.14. The summed E-state index contributed by atoms with van der Waals surface area (Å²) in [7, 11) is 0. The Morgan fingerprint density at radius 2 is 2.07 bits per heavy atom. The van der Waals surface area contributed by atoms with E-state index in [9.17, 15) is 4.39 Å². The van der Waals surface area contributed by atoms with Crippen molar-refractivity contribution in [2.24, 2.45) is 4.99 Å². The molecule has 0 amide bonds. The van der Waals surface area contributed by atoms with Crippen molar-refractivity contribution in [3.05, 3.63) is 60.0 Å². The summed E-state index contributed by atoms with van der Waals surface area (Å²) in [5.74, 6) is 0.983. The van der Waals surface area contributed by atoms with Gasteiger partial charge in [0.1, 0.15) is 0 Å². The molecule has 0 aliphatic carbocycles. The molecular formula is C20H27FIN5. The number of benzene rings is 1. The third-order valence-corrected chi connectivity index (χ3v) is 4.43. The van der Waals surface area contributed by atoms with Crippen LogP contribution in [0.1, 0.15) is 18.9 Å². The van der Waals surface area contributed by atoms with E-state index in [1.807, 2.05) is 23.1 Å². The molecule has 1 aliphatic rings. The summed E-state index contributed by atoms with van der Waals surface area (Å²) in [6.07, 6.45) is 3.47. The number of pyridine rings is 1. The van der Waals surface area contributed by atoms with E-state index >= 15 is 0 Å². The van der Waals surface area contributed by atoms with Crippen LogP contribution >= 0.6 is 24.0 Å². The predicted octanol–water partition coefficient (Wildman–Crippen LogP) is 3.22. The van der Waals surface area contributed by atoms with Crippen LogP contribution in [0.3, 0.4) is 0 Å². The van der Waals surface area contributed by atoms with E-state index in [4.69, 9.17) is 0 Å². The third-order valence-electron chi connectivity index (χ3n) is 4.43. The fourth-order valence-corrected chi connectivity index (χ4v) is 3.14. The van der Waals surface area contributed by atoms with Gasteiger partial charge in [-0.25, -0.2) is 9.37 Å². The van der Waals surface area contributed by atoms with Crippen molar-refractivity contribution in [2.75, 3.05) is 31.1 Å². The number of hydrogen-bond acceptors (Lipinski definition) is 3. The molecule has 5 nitrogen and oxygen atoms in total. The Bertz CT molecular complexity index is 725. The number of rotatable bonds is 6. The quantitative estimate of drug-likeness (QED) is 0.377. The molecule has 3 rings (SSSR count). The minimum absolute atomic E-state index is 0. The lowest BCUT2D eigenvalue weighted by atomic mass is 10.2. The lowest BCUT2D eigenvalue weighted by molar-refractivity contribution is 0.612. The Kier molecular flexibility index (Phi) is 8.77. The van der Waals surface area contributed by atoms with Gasteiger partial charge in [0.25, 0.3) is 0 Å². The molecule has 0 bridgehead atoms. The normalized spacial score (nSPS) is 16.7. The molecular weight excluding hydrogens is 456 g/mol. The minimum atomic E-state index is -0.267. The number of nitrogens with zero attached hydrogens (tertiary/aromatic N) is 3. The van der Waals surface area contributed by atoms with Crippen LogP contribution in [0, 0.1) is 5.82 Å². The molecule has 1 unspecified atom stereocenters. The molecule has 0 saturated carbocycles. The molecule has 7 heteroatoms. The smallest absolute Gasteiger partial charge is 0.191 e. The molecule has 1 saturated heterocycles. The van der Waals surface area contributed by atoms with Crippen LogP contribution in [-0.4, -0.2) is 43.2 Å². The second-order valence-electron chi connectivity index (χ2n) is 6.38. The number of halogens is 2. The first-order valence-electron chi connectivity index (χ1n) is 9.20. The Labute approximate surface area is 177 Å². The van der Waals surface area contributed by atoms with Crippen molar-refractivity contribution in [1.82, 2.24) is 15.6 Å². The standard InChI is InChI=1S/C20H26FN5.HI/c1-2-22-20(24-13-10-16-7-4-3-5-8-16)25-17-11-14-26(15-17)19-18(21)9-6-12-23-19;/h3-9,12,17H,2,10-11,13-15H2,1H3,(H2,22,24,25);1H. The number of aliphatic imine (C=N–C) groups is 1. The van der Waals surface area contributed by atoms with Gasteiger partial charge in [-0.15, -0.1) is 24.0 Å². The van der Waals surface area contributed by atoms with E-state index in [1.165, 1.54) is 11.6 Å². The maximum absolute atomic E-state index is 13.9. The first kappa shape index (κ1) is 21.4. The van der Waals surface area contributed by atoms with Gasteiger partial charge in [0, 0.05) is 38.4 Å². The fraction of sp³-hybridized carbons (Fsp3) is 0.400. The second-order valence-corrected chi connectivity index (χ2v) is 6.38. The van der Waals surface area contributed by atoms with Crippen LogP contribution in [-0.2, 0) is 6.42 Å². The topological polar surface area (TPSA) is 52.6 Å². The predicted molar refractivity (Wildman–Crippen MR) is 119 cm³/mol. The number of anilines is 1. The number of hydrogen-bond donors (Lipinski definition) is 2. The van der Waals surface area contributed by atoms with E-state index in [-0.39, 0.29) is 35.8 Å². The summed E-state index contributed by atoms with van der Waals surface area (Å²) in [6, 6.07) is 13.7. The van der Waals surface area contributed by atoms with E-state index in [0.29, 0.717) is 5.82 Å². The molecule has 0 radical (unpaired) electrons. The third kappa shape index (κ3) is 6.34. The summed E-state index contributed by atoms with van der Waals surface area (Å²) in [4.78, 5) is 10.8. The molecule has 1 aromatic heterocycles. The van der Waals surface area contributed by atoms with Crippen molar-refractivity contribution in [1.29, 1.82) is 0 Å². The van der Waals surface area contributed by atoms with Gasteiger partial charge in [-0.3, -0.25) is 4.99 Å². The molecule has 146 valence electrons. The van der Waals surface area contributed by atoms with Crippen molar-refractivity contribution in [3.8, 4) is 0 Å². The SMILES string of the molecule is CCNC(=NCCc1ccccc1)NC1CCN(c2ncccc2F)C1.I. The maximum Gasteiger partial charge on any atom is 0.191 e. The Morgan fingerprint density at radius 3 is 2.81 bits per heavy atom. The van der Waals surface area contributed by atoms with Crippen molar-refractivity contribution in [3.63, 3.8) is 0 Å². The first-order valence-corrected chi connectivity index (χ1v) is 9.20. The van der Waals surface area contributed by atoms with Gasteiger partial charge in [0.15, 0.2) is 17.6 Å². The number of nitrogens with one attached hydrogen (secondary N) is 2. The van der Waals surface area contributed by atoms with Crippen molar-refractivity contribution < 1.29 is 4.39 Å². The van der Waals surface area contributed by atoms with Crippen molar-refractivity contribution >= 4 is 35.8 Å². The molecule has 1 fully saturated rings. The van der Waals surface area contributed by atoms with Crippen LogP contribution in [0.25, 0.3) is 0 Å². The second kappa shape index (κ2) is 11.1. The molecule has 2 N–H and O–H groups in total. The number of aromatic nitrogens is 1. The summed E-state index contributed by atoms with van der Waals surface area (Å²) < 4.78 is 13.9. The van der Waals surface area contributed by atoms with E-state index < -0.39 is 0 Å². The van der Waals surface area contributed by atoms with Crippen LogP contribution in [0.15, 0.2) is 53.7 Å². The van der Waals surface area contributed by atoms with Gasteiger partial charge >= 0.3 is 0 Å². The first-order chi connectivity index (χ1) is 12.8. The van der Waals surface area contributed by atoms with Gasteiger partial charge in [-0.2, -0.15) is 0 Å². The highest BCUT2D eigenvalue weighted by atomic mass is 127. The van der Waals surface area contributed by atoms with Crippen LogP contribution in [0.2, 0.25) is 0 Å². The molecule has 1 aliphatic heterocycles. The number of guanidine groups is 1. The van der Waals surface area contributed by atoms with Crippen LogP contribution in [0.4, 0.5) is 10.2 Å². The van der Waals surface area contributed by atoms with Gasteiger partial charge in [0.2, 0.25) is 0 Å². The molecule has 1 atom stereocenters. The maximum atomic E-state index is 13.9. The largest absolute Gasteiger partial charge is 0.357 e. The highest BCUT2D eigenvalue weighted by molar-refractivity contribution is 14.0. The highest BCUT2D eigenvalue weighted by Crippen LogP contribution is 2.20. The molecule has 2 heterocycles. The minimum Gasteiger partial charge on any atom is -0.357 e. The average molecular weight is 483 g/mol. The summed E-state index contributed by atoms with van der Waals surface area (Å²) in [5, 5.41) is 6.76. The molecule has 0 spiro atoms. The summed E-state index contributed by atoms with van der Waals surface area (Å²) in [6.45, 7) is 5.10. The van der Waals surface area contributed by atoms with Crippen LogP contribution < -0.4 is 15.5 Å². The van der Waals surface area contributed by atoms with E-state index in [0.717, 1.165) is 45.0 Å². The van der Waals surface area contributed by atoms with Crippen molar-refractivity contribution in [2.45, 2.75) is 25.8 Å². The molecule has 2 aromatic rings. The van der Waals surface area contributed by atoms with E-state index in [2.05, 4.69) is 39.7 Å². The molecule has 1 aromatic carbocycles. The van der Waals surface area contributed by atoms with Gasteiger partial charge in [-0.1, -0.05) is 30.3 Å². The Morgan fingerprint density at radius 1 is 1.26 bits per heavy atom.